The van der Waals surface area contributed by atoms with Crippen molar-refractivity contribution in [2.45, 2.75) is 51.2 Å². The summed E-state index contributed by atoms with van der Waals surface area (Å²) in [5, 5.41) is 0. The number of alkyl halides is 2. The number of halogens is 3. The molecule has 3 rings (SSSR count). The zero-order chi connectivity index (χ0) is 18.4. The second-order valence-corrected chi connectivity index (χ2v) is 8.49. The molecule has 138 valence electrons. The number of rotatable bonds is 2. The first-order valence-corrected chi connectivity index (χ1v) is 9.09. The number of hydrogen-bond acceptors (Lipinski definition) is 4. The van der Waals surface area contributed by atoms with Gasteiger partial charge in [0.25, 0.3) is 6.43 Å². The van der Waals surface area contributed by atoms with Crippen molar-refractivity contribution in [3.63, 3.8) is 0 Å². The minimum Gasteiger partial charge on any atom is -0.444 e. The minimum absolute atomic E-state index is 0.0871. The van der Waals surface area contributed by atoms with Gasteiger partial charge in [-0.3, -0.25) is 9.88 Å². The fraction of sp³-hybridized carbons (Fsp3) is 0.647. The summed E-state index contributed by atoms with van der Waals surface area (Å²) in [6.45, 7) is 6.96. The first-order valence-electron chi connectivity index (χ1n) is 8.30. The summed E-state index contributed by atoms with van der Waals surface area (Å²) in [5.74, 6) is 0. The maximum absolute atomic E-state index is 13.4. The summed E-state index contributed by atoms with van der Waals surface area (Å²) in [6, 6.07) is 0. The van der Waals surface area contributed by atoms with Crippen LogP contribution in [0.1, 0.15) is 45.6 Å². The van der Waals surface area contributed by atoms with Gasteiger partial charge in [0.2, 0.25) is 0 Å². The highest BCUT2D eigenvalue weighted by Gasteiger charge is 2.54. The van der Waals surface area contributed by atoms with Crippen molar-refractivity contribution in [1.82, 2.24) is 9.88 Å². The molecule has 1 saturated carbocycles. The van der Waals surface area contributed by atoms with Gasteiger partial charge in [0.1, 0.15) is 5.60 Å². The lowest BCUT2D eigenvalue weighted by atomic mass is 10.1. The second kappa shape index (κ2) is 6.37. The van der Waals surface area contributed by atoms with E-state index in [-0.39, 0.29) is 17.2 Å². The number of piperazine rings is 1. The quantitative estimate of drug-likeness (QED) is 0.716. The Balaban J connectivity index is 1.82. The Labute approximate surface area is 154 Å². The third-order valence-corrected chi connectivity index (χ3v) is 5.13. The number of anilines is 1. The Kier molecular flexibility index (Phi) is 4.68. The molecule has 1 amide bonds. The van der Waals surface area contributed by atoms with E-state index in [0.29, 0.717) is 29.8 Å². The Bertz CT molecular complexity index is 674. The summed E-state index contributed by atoms with van der Waals surface area (Å²) >= 11 is 3.35. The number of pyridine rings is 1. The molecule has 0 radical (unpaired) electrons. The molecule has 0 aromatic carbocycles. The van der Waals surface area contributed by atoms with Crippen molar-refractivity contribution in [2.75, 3.05) is 24.5 Å². The van der Waals surface area contributed by atoms with Gasteiger partial charge >= 0.3 is 6.09 Å². The van der Waals surface area contributed by atoms with Crippen LogP contribution in [0.2, 0.25) is 0 Å². The van der Waals surface area contributed by atoms with E-state index in [1.165, 1.54) is 12.4 Å². The van der Waals surface area contributed by atoms with Crippen molar-refractivity contribution in [3.8, 4) is 0 Å². The first kappa shape index (κ1) is 18.4. The molecule has 1 aromatic rings. The van der Waals surface area contributed by atoms with E-state index >= 15 is 0 Å². The average Bonchev–Trinajstić information content (AvgIpc) is 3.24. The summed E-state index contributed by atoms with van der Waals surface area (Å²) in [7, 11) is 0. The van der Waals surface area contributed by atoms with Gasteiger partial charge in [-0.25, -0.2) is 13.6 Å². The summed E-state index contributed by atoms with van der Waals surface area (Å²) < 4.78 is 32.8. The number of nitrogens with zero attached hydrogens (tertiary/aromatic N) is 3. The SMILES string of the molecule is CC(C)(C)OC(=O)N1CCN(c2c(Br)cncc2C(F)F)CC12CC2. The topological polar surface area (TPSA) is 45.7 Å². The van der Waals surface area contributed by atoms with E-state index in [1.807, 2.05) is 25.7 Å². The monoisotopic (exact) mass is 417 g/mol. The molecule has 0 N–H and O–H groups in total. The van der Waals surface area contributed by atoms with E-state index in [2.05, 4.69) is 20.9 Å². The smallest absolute Gasteiger partial charge is 0.410 e. The van der Waals surface area contributed by atoms with Gasteiger partial charge in [-0.1, -0.05) is 0 Å². The summed E-state index contributed by atoms with van der Waals surface area (Å²) in [4.78, 5) is 20.1. The van der Waals surface area contributed by atoms with E-state index in [4.69, 9.17) is 4.74 Å². The van der Waals surface area contributed by atoms with Gasteiger partial charge in [-0.05, 0) is 49.5 Å². The molecule has 0 unspecified atom stereocenters. The molecule has 0 bridgehead atoms. The predicted molar refractivity (Wildman–Crippen MR) is 94.0 cm³/mol. The Morgan fingerprint density at radius 1 is 1.32 bits per heavy atom. The van der Waals surface area contributed by atoms with Crippen molar-refractivity contribution in [3.05, 3.63) is 22.4 Å². The van der Waals surface area contributed by atoms with Crippen LogP contribution in [0, 0.1) is 0 Å². The fourth-order valence-electron chi connectivity index (χ4n) is 3.28. The summed E-state index contributed by atoms with van der Waals surface area (Å²) in [5.41, 5.74) is -0.486. The molecule has 5 nitrogen and oxygen atoms in total. The normalized spacial score (nSPS) is 19.5. The van der Waals surface area contributed by atoms with Crippen LogP contribution in [0.5, 0.6) is 0 Å². The highest BCUT2D eigenvalue weighted by atomic mass is 79.9. The largest absolute Gasteiger partial charge is 0.444 e. The maximum Gasteiger partial charge on any atom is 0.410 e. The van der Waals surface area contributed by atoms with Gasteiger partial charge in [0.15, 0.2) is 0 Å². The molecule has 2 fully saturated rings. The molecule has 0 atom stereocenters. The standard InChI is InChI=1S/C17H22BrF2N3O2/c1-16(2,3)25-15(24)23-7-6-22(10-17(23)4-5-17)13-11(14(19)20)8-21-9-12(13)18/h8-9,14H,4-7,10H2,1-3H3. The van der Waals surface area contributed by atoms with Gasteiger partial charge in [0.05, 0.1) is 21.3 Å². The molecule has 25 heavy (non-hydrogen) atoms. The number of aromatic nitrogens is 1. The first-order chi connectivity index (χ1) is 11.6. The van der Waals surface area contributed by atoms with E-state index in [9.17, 15) is 13.6 Å². The molecular weight excluding hydrogens is 396 g/mol. The fourth-order valence-corrected chi connectivity index (χ4v) is 3.88. The van der Waals surface area contributed by atoms with Gasteiger partial charge in [-0.2, -0.15) is 0 Å². The van der Waals surface area contributed by atoms with Gasteiger partial charge < -0.3 is 9.64 Å². The van der Waals surface area contributed by atoms with Crippen molar-refractivity contribution < 1.29 is 18.3 Å². The predicted octanol–water partition coefficient (Wildman–Crippen LogP) is 4.37. The lowest BCUT2D eigenvalue weighted by Gasteiger charge is -2.44. The maximum atomic E-state index is 13.4. The average molecular weight is 418 g/mol. The van der Waals surface area contributed by atoms with Crippen LogP contribution in [0.15, 0.2) is 16.9 Å². The van der Waals surface area contributed by atoms with Crippen LogP contribution in [0.3, 0.4) is 0 Å². The molecule has 8 heteroatoms. The van der Waals surface area contributed by atoms with Crippen LogP contribution < -0.4 is 4.90 Å². The zero-order valence-corrected chi connectivity index (χ0v) is 16.1. The molecule has 2 heterocycles. The number of carbonyl (C=O) groups is 1. The number of carbonyl (C=O) groups excluding carboxylic acids is 1. The van der Waals surface area contributed by atoms with Crippen LogP contribution in [-0.2, 0) is 4.74 Å². The molecular formula is C17H22BrF2N3O2. The van der Waals surface area contributed by atoms with Crippen molar-refractivity contribution in [2.24, 2.45) is 0 Å². The van der Waals surface area contributed by atoms with Gasteiger partial charge in [-0.15, -0.1) is 0 Å². The van der Waals surface area contributed by atoms with Crippen LogP contribution >= 0.6 is 15.9 Å². The number of amides is 1. The Morgan fingerprint density at radius 2 is 2.00 bits per heavy atom. The molecule has 1 aromatic heterocycles. The summed E-state index contributed by atoms with van der Waals surface area (Å²) in [6.07, 6.45) is 1.53. The molecule has 1 aliphatic carbocycles. The molecule has 1 saturated heterocycles. The lowest BCUT2D eigenvalue weighted by molar-refractivity contribution is 0.0106. The molecule has 1 spiro atoms. The van der Waals surface area contributed by atoms with Crippen LogP contribution in [0.4, 0.5) is 19.3 Å². The third-order valence-electron chi connectivity index (χ3n) is 4.54. The number of ether oxygens (including phenoxy) is 1. The minimum atomic E-state index is -2.60. The van der Waals surface area contributed by atoms with Crippen LogP contribution in [-0.4, -0.2) is 46.8 Å². The number of hydrogen-bond donors (Lipinski definition) is 0. The molecule has 2 aliphatic rings. The van der Waals surface area contributed by atoms with Crippen molar-refractivity contribution >= 4 is 27.7 Å². The van der Waals surface area contributed by atoms with E-state index in [1.54, 1.807) is 4.90 Å². The highest BCUT2D eigenvalue weighted by Crippen LogP contribution is 2.47. The zero-order valence-electron chi connectivity index (χ0n) is 14.6. The Morgan fingerprint density at radius 3 is 2.56 bits per heavy atom. The van der Waals surface area contributed by atoms with Crippen LogP contribution in [0.25, 0.3) is 0 Å². The third kappa shape index (κ3) is 3.73. The van der Waals surface area contributed by atoms with E-state index < -0.39 is 12.0 Å². The van der Waals surface area contributed by atoms with E-state index in [0.717, 1.165) is 12.8 Å². The lowest BCUT2D eigenvalue weighted by Crippen LogP contribution is -2.58. The Hall–Kier alpha value is -1.44. The van der Waals surface area contributed by atoms with Gasteiger partial charge in [0, 0.05) is 32.0 Å². The van der Waals surface area contributed by atoms with Crippen molar-refractivity contribution in [1.29, 1.82) is 0 Å². The second-order valence-electron chi connectivity index (χ2n) is 7.64. The molecule has 1 aliphatic heterocycles. The highest BCUT2D eigenvalue weighted by molar-refractivity contribution is 9.10.